The van der Waals surface area contributed by atoms with Gasteiger partial charge < -0.3 is 0 Å². The van der Waals surface area contributed by atoms with Crippen molar-refractivity contribution in [2.45, 2.75) is 19.3 Å². The molecule has 2 fully saturated rings. The first kappa shape index (κ1) is 6.40. The molecule has 0 N–H and O–H groups in total. The predicted molar refractivity (Wildman–Crippen MR) is 46.4 cm³/mol. The lowest BCUT2D eigenvalue weighted by atomic mass is 10.0. The van der Waals surface area contributed by atoms with Crippen LogP contribution >= 0.6 is 22.9 Å². The quantitative estimate of drug-likeness (QED) is 0.460. The molecule has 0 aromatic heterocycles. The molecule has 1 heterocycles. The highest BCUT2D eigenvalue weighted by atomic mass is 127. The first-order valence-corrected chi connectivity index (χ1v) is 4.73. The minimum atomic E-state index is 1.07. The van der Waals surface area contributed by atoms with Crippen molar-refractivity contribution in [3.05, 3.63) is 0 Å². The average molecular weight is 237 g/mol. The minimum Gasteiger partial charge on any atom is -0.247 e. The van der Waals surface area contributed by atoms with Gasteiger partial charge in [-0.25, -0.2) is 3.11 Å². The molecule has 0 amide bonds. The van der Waals surface area contributed by atoms with Gasteiger partial charge in [0.15, 0.2) is 0 Å². The third-order valence-electron chi connectivity index (χ3n) is 2.68. The van der Waals surface area contributed by atoms with Crippen LogP contribution in [0.3, 0.4) is 0 Å². The van der Waals surface area contributed by atoms with Crippen LogP contribution in [0.2, 0.25) is 0 Å². The van der Waals surface area contributed by atoms with E-state index in [9.17, 15) is 0 Å². The molecule has 1 saturated heterocycles. The second kappa shape index (κ2) is 2.38. The van der Waals surface area contributed by atoms with Crippen LogP contribution in [-0.2, 0) is 0 Å². The van der Waals surface area contributed by atoms with E-state index in [1.165, 1.54) is 32.4 Å². The van der Waals surface area contributed by atoms with E-state index in [0.717, 1.165) is 11.8 Å². The summed E-state index contributed by atoms with van der Waals surface area (Å²) in [5.74, 6) is 2.14. The van der Waals surface area contributed by atoms with E-state index in [2.05, 4.69) is 26.0 Å². The van der Waals surface area contributed by atoms with Crippen molar-refractivity contribution < 1.29 is 0 Å². The fourth-order valence-electron chi connectivity index (χ4n) is 2.18. The molecular formula is C7H12IN. The molecule has 2 rings (SSSR count). The third kappa shape index (κ3) is 1.11. The first-order valence-electron chi connectivity index (χ1n) is 3.77. The molecular weight excluding hydrogens is 225 g/mol. The maximum Gasteiger partial charge on any atom is 0.0201 e. The standard InChI is InChI=1S/C7H12IN/c8-9-4-6-2-1-3-7(6)5-9/h6-7H,1-5H2/t6-,7+. The van der Waals surface area contributed by atoms with Crippen LogP contribution in [0.5, 0.6) is 0 Å². The van der Waals surface area contributed by atoms with Gasteiger partial charge >= 0.3 is 0 Å². The lowest BCUT2D eigenvalue weighted by molar-refractivity contribution is 0.494. The topological polar surface area (TPSA) is 3.24 Å². The molecule has 1 aliphatic carbocycles. The van der Waals surface area contributed by atoms with Gasteiger partial charge in [0.05, 0.1) is 0 Å². The van der Waals surface area contributed by atoms with E-state index in [0.29, 0.717) is 0 Å². The van der Waals surface area contributed by atoms with Gasteiger partial charge in [0.25, 0.3) is 0 Å². The number of nitrogens with zero attached hydrogens (tertiary/aromatic N) is 1. The molecule has 0 unspecified atom stereocenters. The summed E-state index contributed by atoms with van der Waals surface area (Å²) in [5, 5.41) is 0. The molecule has 2 atom stereocenters. The Bertz CT molecular complexity index is 103. The molecule has 2 heteroatoms. The Morgan fingerprint density at radius 1 is 1.11 bits per heavy atom. The van der Waals surface area contributed by atoms with Crippen LogP contribution in [-0.4, -0.2) is 16.2 Å². The van der Waals surface area contributed by atoms with E-state index < -0.39 is 0 Å². The second-order valence-electron chi connectivity index (χ2n) is 3.28. The van der Waals surface area contributed by atoms with Gasteiger partial charge in [0, 0.05) is 36.0 Å². The van der Waals surface area contributed by atoms with Crippen molar-refractivity contribution in [3.63, 3.8) is 0 Å². The summed E-state index contributed by atoms with van der Waals surface area (Å²) in [6.45, 7) is 2.73. The summed E-state index contributed by atoms with van der Waals surface area (Å²) in [4.78, 5) is 0. The van der Waals surface area contributed by atoms with Gasteiger partial charge in [-0.2, -0.15) is 0 Å². The first-order chi connectivity index (χ1) is 4.36. The Balaban J connectivity index is 2.02. The Morgan fingerprint density at radius 3 is 2.22 bits per heavy atom. The summed E-state index contributed by atoms with van der Waals surface area (Å²) in [6, 6.07) is 0. The molecule has 1 saturated carbocycles. The third-order valence-corrected chi connectivity index (χ3v) is 3.47. The number of hydrogen-bond acceptors (Lipinski definition) is 1. The van der Waals surface area contributed by atoms with Crippen LogP contribution < -0.4 is 0 Å². The Kier molecular flexibility index (Phi) is 1.69. The lowest BCUT2D eigenvalue weighted by Gasteiger charge is -2.03. The van der Waals surface area contributed by atoms with Crippen molar-refractivity contribution >= 4 is 22.9 Å². The monoisotopic (exact) mass is 237 g/mol. The highest BCUT2D eigenvalue weighted by Gasteiger charge is 2.34. The minimum absolute atomic E-state index is 1.07. The van der Waals surface area contributed by atoms with E-state index in [1.54, 1.807) is 0 Å². The van der Waals surface area contributed by atoms with Crippen LogP contribution in [0, 0.1) is 11.8 Å². The van der Waals surface area contributed by atoms with E-state index in [1.807, 2.05) is 0 Å². The molecule has 52 valence electrons. The van der Waals surface area contributed by atoms with Gasteiger partial charge in [0.1, 0.15) is 0 Å². The summed E-state index contributed by atoms with van der Waals surface area (Å²) >= 11 is 2.45. The second-order valence-corrected chi connectivity index (χ2v) is 4.64. The zero-order valence-corrected chi connectivity index (χ0v) is 7.67. The SMILES string of the molecule is IN1C[C@H]2CCC[C@H]2C1. The predicted octanol–water partition coefficient (Wildman–Crippen LogP) is 2.07. The largest absolute Gasteiger partial charge is 0.247 e. The smallest absolute Gasteiger partial charge is 0.0201 e. The zero-order chi connectivity index (χ0) is 6.27. The summed E-state index contributed by atoms with van der Waals surface area (Å²) < 4.78 is 2.45. The van der Waals surface area contributed by atoms with E-state index in [4.69, 9.17) is 0 Å². The van der Waals surface area contributed by atoms with Crippen molar-refractivity contribution in [1.29, 1.82) is 0 Å². The molecule has 1 aliphatic heterocycles. The van der Waals surface area contributed by atoms with Crippen molar-refractivity contribution in [2.24, 2.45) is 11.8 Å². The summed E-state index contributed by atoms with van der Waals surface area (Å²) in [6.07, 6.45) is 4.51. The molecule has 2 aliphatic rings. The average Bonchev–Trinajstić information content (AvgIpc) is 2.22. The summed E-state index contributed by atoms with van der Waals surface area (Å²) in [7, 11) is 0. The van der Waals surface area contributed by atoms with Crippen molar-refractivity contribution in [3.8, 4) is 0 Å². The van der Waals surface area contributed by atoms with Crippen LogP contribution in [0.1, 0.15) is 19.3 Å². The van der Waals surface area contributed by atoms with Gasteiger partial charge in [-0.1, -0.05) is 6.42 Å². The maximum absolute atomic E-state index is 2.45. The van der Waals surface area contributed by atoms with Gasteiger partial charge in [0.2, 0.25) is 0 Å². The molecule has 0 aromatic rings. The number of rotatable bonds is 0. The Hall–Kier alpha value is 0.690. The number of fused-ring (bicyclic) bond motifs is 1. The van der Waals surface area contributed by atoms with Crippen LogP contribution in [0.25, 0.3) is 0 Å². The van der Waals surface area contributed by atoms with Crippen molar-refractivity contribution in [1.82, 2.24) is 3.11 Å². The summed E-state index contributed by atoms with van der Waals surface area (Å²) in [5.41, 5.74) is 0. The fraction of sp³-hybridized carbons (Fsp3) is 1.00. The van der Waals surface area contributed by atoms with E-state index in [-0.39, 0.29) is 0 Å². The van der Waals surface area contributed by atoms with Gasteiger partial charge in [-0.3, -0.25) is 0 Å². The zero-order valence-electron chi connectivity index (χ0n) is 5.52. The Morgan fingerprint density at radius 2 is 1.67 bits per heavy atom. The van der Waals surface area contributed by atoms with Crippen LogP contribution in [0.4, 0.5) is 0 Å². The van der Waals surface area contributed by atoms with Crippen molar-refractivity contribution in [2.75, 3.05) is 13.1 Å². The van der Waals surface area contributed by atoms with Gasteiger partial charge in [-0.05, 0) is 24.7 Å². The molecule has 9 heavy (non-hydrogen) atoms. The number of hydrogen-bond donors (Lipinski definition) is 0. The number of halogens is 1. The highest BCUT2D eigenvalue weighted by Crippen LogP contribution is 2.38. The maximum atomic E-state index is 2.45. The van der Waals surface area contributed by atoms with E-state index >= 15 is 0 Å². The molecule has 0 aromatic carbocycles. The highest BCUT2D eigenvalue weighted by molar-refractivity contribution is 14.1. The molecule has 0 bridgehead atoms. The fourth-order valence-corrected chi connectivity index (χ4v) is 3.19. The molecule has 0 spiro atoms. The molecule has 0 radical (unpaired) electrons. The Labute approximate surface area is 70.3 Å². The van der Waals surface area contributed by atoms with Crippen LogP contribution in [0.15, 0.2) is 0 Å². The lowest BCUT2D eigenvalue weighted by Crippen LogP contribution is -2.06. The van der Waals surface area contributed by atoms with Gasteiger partial charge in [-0.15, -0.1) is 0 Å². The normalized spacial score (nSPS) is 43.7. The molecule has 1 nitrogen and oxygen atoms in total.